The third-order valence-corrected chi connectivity index (χ3v) is 9.40. The number of nitrogens with zero attached hydrogens (tertiary/aromatic N) is 6. The Morgan fingerprint density at radius 1 is 1.00 bits per heavy atom. The second-order valence-electron chi connectivity index (χ2n) is 10.4. The monoisotopic (exact) mass is 683 g/mol. The number of nitrogens with one attached hydrogen (secondary N) is 1. The van der Waals surface area contributed by atoms with Crippen molar-refractivity contribution in [2.75, 3.05) is 20.0 Å². The van der Waals surface area contributed by atoms with Crippen molar-refractivity contribution in [1.29, 1.82) is 0 Å². The van der Waals surface area contributed by atoms with Gasteiger partial charge in [-0.1, -0.05) is 42.1 Å². The van der Waals surface area contributed by atoms with Crippen LogP contribution in [0.4, 0.5) is 5.69 Å². The third kappa shape index (κ3) is 6.91. The van der Waals surface area contributed by atoms with E-state index in [0.717, 1.165) is 21.9 Å². The molecule has 0 saturated heterocycles. The maximum absolute atomic E-state index is 13.9. The number of carbonyl (C=O) groups is 2. The molecule has 0 radical (unpaired) electrons. The number of hydrazone groups is 1. The normalized spacial score (nSPS) is 14.0. The predicted molar refractivity (Wildman–Crippen MR) is 181 cm³/mol. The first-order valence-electron chi connectivity index (χ1n) is 14.7. The molecule has 1 N–H and O–H groups in total. The highest BCUT2D eigenvalue weighted by molar-refractivity contribution is 7.99. The highest BCUT2D eigenvalue weighted by Gasteiger charge is 2.34. The lowest BCUT2D eigenvalue weighted by Crippen LogP contribution is -2.28. The number of benzene rings is 3. The van der Waals surface area contributed by atoms with Gasteiger partial charge in [-0.3, -0.25) is 24.3 Å². The van der Waals surface area contributed by atoms with E-state index in [0.29, 0.717) is 28.8 Å². The Bertz CT molecular complexity index is 1960. The van der Waals surface area contributed by atoms with Crippen LogP contribution < -0.4 is 14.8 Å². The number of hydrogen-bond acceptors (Lipinski definition) is 11. The number of aromatic nitrogens is 3. The van der Waals surface area contributed by atoms with Crippen LogP contribution in [0.3, 0.4) is 0 Å². The standard InChI is InChI=1S/C33H29N7O6S2/c1-45-24-15-11-21(12-16-24)27-18-25(29-8-5-17-47-29)37-39(27)31(41)20-48-33-36-35-30(38(33)26-6-3-4-7-28(26)46-2)19-34-32(42)22-9-13-23(14-10-22)40(43)44/h3-17,27H,18-20H2,1-2H3,(H,34,42)/t27-/m0/s1. The molecule has 0 saturated carbocycles. The van der Waals surface area contributed by atoms with Gasteiger partial charge in [0.15, 0.2) is 11.0 Å². The molecule has 15 heteroatoms. The fourth-order valence-electron chi connectivity index (χ4n) is 5.17. The predicted octanol–water partition coefficient (Wildman–Crippen LogP) is 5.65. The van der Waals surface area contributed by atoms with E-state index in [2.05, 4.69) is 15.5 Å². The largest absolute Gasteiger partial charge is 0.497 e. The highest BCUT2D eigenvalue weighted by Crippen LogP contribution is 2.36. The summed E-state index contributed by atoms with van der Waals surface area (Å²) >= 11 is 2.77. The van der Waals surface area contributed by atoms with Crippen LogP contribution >= 0.6 is 23.1 Å². The molecule has 2 amide bonds. The van der Waals surface area contributed by atoms with Crippen LogP contribution in [0.5, 0.6) is 11.5 Å². The van der Waals surface area contributed by atoms with Gasteiger partial charge in [0.25, 0.3) is 17.5 Å². The number of nitro benzene ring substituents is 1. The maximum atomic E-state index is 13.9. The van der Waals surface area contributed by atoms with Crippen molar-refractivity contribution >= 4 is 46.3 Å². The molecule has 13 nitrogen and oxygen atoms in total. The molecule has 1 aliphatic heterocycles. The Kier molecular flexibility index (Phi) is 9.78. The molecule has 0 aliphatic carbocycles. The van der Waals surface area contributed by atoms with Crippen LogP contribution in [0.2, 0.25) is 0 Å². The number of thioether (sulfide) groups is 1. The second-order valence-corrected chi connectivity index (χ2v) is 12.3. The van der Waals surface area contributed by atoms with Gasteiger partial charge in [0, 0.05) is 24.1 Å². The summed E-state index contributed by atoms with van der Waals surface area (Å²) in [7, 11) is 3.16. The zero-order valence-electron chi connectivity index (χ0n) is 25.8. The third-order valence-electron chi connectivity index (χ3n) is 7.57. The summed E-state index contributed by atoms with van der Waals surface area (Å²) in [6, 6.07) is 23.9. The molecule has 6 rings (SSSR count). The van der Waals surface area contributed by atoms with E-state index in [4.69, 9.17) is 14.6 Å². The summed E-state index contributed by atoms with van der Waals surface area (Å²) in [5.41, 5.74) is 2.54. The summed E-state index contributed by atoms with van der Waals surface area (Å²) in [6.07, 6.45) is 0.569. The number of ether oxygens (including phenoxy) is 2. The molecule has 0 fully saturated rings. The lowest BCUT2D eigenvalue weighted by Gasteiger charge is -2.22. The number of nitro groups is 1. The van der Waals surface area contributed by atoms with Gasteiger partial charge < -0.3 is 14.8 Å². The summed E-state index contributed by atoms with van der Waals surface area (Å²) in [5, 5.41) is 31.2. The lowest BCUT2D eigenvalue weighted by molar-refractivity contribution is -0.384. The fraction of sp³-hybridized carbons (Fsp3) is 0.182. The van der Waals surface area contributed by atoms with Gasteiger partial charge in [-0.25, -0.2) is 5.01 Å². The topological polar surface area (TPSA) is 154 Å². The van der Waals surface area contributed by atoms with Crippen molar-refractivity contribution < 1.29 is 24.0 Å². The van der Waals surface area contributed by atoms with Crippen molar-refractivity contribution in [3.05, 3.63) is 122 Å². The summed E-state index contributed by atoms with van der Waals surface area (Å²) in [5.74, 6) is 1.01. The minimum absolute atomic E-state index is 0.0102. The van der Waals surface area contributed by atoms with Crippen LogP contribution in [0.25, 0.3) is 5.69 Å². The summed E-state index contributed by atoms with van der Waals surface area (Å²) in [6.45, 7) is -0.0183. The molecule has 1 aliphatic rings. The first-order chi connectivity index (χ1) is 23.4. The Morgan fingerprint density at radius 3 is 2.46 bits per heavy atom. The minimum Gasteiger partial charge on any atom is -0.497 e. The quantitative estimate of drug-likeness (QED) is 0.0998. The Labute approximate surface area is 283 Å². The molecule has 3 heterocycles. The van der Waals surface area contributed by atoms with Crippen LogP contribution in [0.1, 0.15) is 39.1 Å². The van der Waals surface area contributed by atoms with Crippen molar-refractivity contribution in [2.24, 2.45) is 5.10 Å². The molecule has 0 spiro atoms. The van der Waals surface area contributed by atoms with E-state index in [9.17, 15) is 19.7 Å². The second kappa shape index (κ2) is 14.5. The summed E-state index contributed by atoms with van der Waals surface area (Å²) in [4.78, 5) is 38.2. The maximum Gasteiger partial charge on any atom is 0.269 e. The molecular weight excluding hydrogens is 655 g/mol. The van der Waals surface area contributed by atoms with Crippen LogP contribution in [-0.2, 0) is 11.3 Å². The first-order valence-corrected chi connectivity index (χ1v) is 16.5. The fourth-order valence-corrected chi connectivity index (χ4v) is 6.71. The van der Waals surface area contributed by atoms with E-state index in [-0.39, 0.29) is 35.5 Å². The molecule has 5 aromatic rings. The van der Waals surface area contributed by atoms with E-state index in [1.54, 1.807) is 41.2 Å². The zero-order valence-corrected chi connectivity index (χ0v) is 27.4. The van der Waals surface area contributed by atoms with Gasteiger partial charge in [0.1, 0.15) is 11.5 Å². The summed E-state index contributed by atoms with van der Waals surface area (Å²) < 4.78 is 12.7. The van der Waals surface area contributed by atoms with Gasteiger partial charge in [-0.15, -0.1) is 21.5 Å². The minimum atomic E-state index is -0.528. The SMILES string of the molecule is COc1ccc([C@@H]2CC(c3cccs3)=NN2C(=O)CSc2nnc(CNC(=O)c3ccc([N+](=O)[O-])cc3)n2-c2ccccc2OC)cc1. The lowest BCUT2D eigenvalue weighted by atomic mass is 10.0. The number of amides is 2. The average Bonchev–Trinajstić information content (AvgIpc) is 3.90. The number of para-hydroxylation sites is 2. The molecule has 1 atom stereocenters. The number of rotatable bonds is 12. The average molecular weight is 684 g/mol. The molecule has 244 valence electrons. The Balaban J connectivity index is 1.24. The zero-order chi connectivity index (χ0) is 33.6. The molecule has 2 aromatic heterocycles. The number of hydrogen-bond donors (Lipinski definition) is 1. The van der Waals surface area contributed by atoms with Crippen LogP contribution in [0, 0.1) is 10.1 Å². The molecule has 3 aromatic carbocycles. The van der Waals surface area contributed by atoms with E-state index in [1.807, 2.05) is 60.0 Å². The van der Waals surface area contributed by atoms with Crippen LogP contribution in [0.15, 0.2) is 101 Å². The smallest absolute Gasteiger partial charge is 0.269 e. The highest BCUT2D eigenvalue weighted by atomic mass is 32.2. The van der Waals surface area contributed by atoms with Crippen molar-refractivity contribution in [3.8, 4) is 17.2 Å². The van der Waals surface area contributed by atoms with Gasteiger partial charge in [-0.2, -0.15) is 5.10 Å². The van der Waals surface area contributed by atoms with E-state index < -0.39 is 10.8 Å². The number of non-ortho nitro benzene ring substituents is 1. The van der Waals surface area contributed by atoms with E-state index in [1.165, 1.54) is 36.0 Å². The first kappa shape index (κ1) is 32.4. The van der Waals surface area contributed by atoms with Gasteiger partial charge >= 0.3 is 0 Å². The molecular formula is C33H29N7O6S2. The van der Waals surface area contributed by atoms with E-state index >= 15 is 0 Å². The van der Waals surface area contributed by atoms with Crippen molar-refractivity contribution in [2.45, 2.75) is 24.2 Å². The Hall–Kier alpha value is -5.54. The Morgan fingerprint density at radius 2 is 1.77 bits per heavy atom. The van der Waals surface area contributed by atoms with Crippen molar-refractivity contribution in [1.82, 2.24) is 25.1 Å². The van der Waals surface area contributed by atoms with Crippen LogP contribution in [-0.4, -0.2) is 62.2 Å². The van der Waals surface area contributed by atoms with Crippen molar-refractivity contribution in [3.63, 3.8) is 0 Å². The number of thiophene rings is 1. The van der Waals surface area contributed by atoms with Gasteiger partial charge in [0.05, 0.1) is 53.8 Å². The van der Waals surface area contributed by atoms with Gasteiger partial charge in [0.2, 0.25) is 0 Å². The molecule has 0 bridgehead atoms. The van der Waals surface area contributed by atoms with Gasteiger partial charge in [-0.05, 0) is 53.4 Å². The molecule has 0 unspecified atom stereocenters. The number of carbonyl (C=O) groups excluding carboxylic acids is 2. The molecule has 48 heavy (non-hydrogen) atoms. The number of methoxy groups -OCH3 is 2.